The van der Waals surface area contributed by atoms with Crippen LogP contribution in [0.4, 0.5) is 0 Å². The second kappa shape index (κ2) is 10.8. The van der Waals surface area contributed by atoms with Gasteiger partial charge in [-0.05, 0) is 35.0 Å². The number of hydrogen-bond acceptors (Lipinski definition) is 6. The normalized spacial score (nSPS) is 23.8. The van der Waals surface area contributed by atoms with E-state index < -0.39 is 11.6 Å². The van der Waals surface area contributed by atoms with Crippen LogP contribution in [0.1, 0.15) is 29.0 Å². The first-order valence-electron chi connectivity index (χ1n) is 11.6. The van der Waals surface area contributed by atoms with E-state index in [-0.39, 0.29) is 18.5 Å². The molecule has 6 rings (SSSR count). The summed E-state index contributed by atoms with van der Waals surface area (Å²) in [6.07, 6.45) is 2.94. The maximum absolute atomic E-state index is 13.4. The first kappa shape index (κ1) is 25.2. The Labute approximate surface area is 214 Å². The van der Waals surface area contributed by atoms with Gasteiger partial charge >= 0.3 is 5.97 Å². The molecule has 0 saturated carbocycles. The van der Waals surface area contributed by atoms with Crippen LogP contribution in [0.25, 0.3) is 0 Å². The van der Waals surface area contributed by atoms with E-state index in [1.165, 1.54) is 22.7 Å². The number of hydrogen-bond donors (Lipinski definition) is 1. The van der Waals surface area contributed by atoms with Gasteiger partial charge in [-0.15, -0.1) is 22.7 Å². The molecule has 3 aromatic rings. The molecule has 0 radical (unpaired) electrons. The fraction of sp³-hybridized carbons (Fsp3) is 0.423. The average molecular weight is 520 g/mol. The summed E-state index contributed by atoms with van der Waals surface area (Å²) in [5.41, 5.74) is -1.73. The van der Waals surface area contributed by atoms with Gasteiger partial charge in [0.05, 0.1) is 36.0 Å². The molecular formula is C26H30ClNO4S2. The summed E-state index contributed by atoms with van der Waals surface area (Å²) >= 11 is 2.77. The summed E-state index contributed by atoms with van der Waals surface area (Å²) in [6.45, 7) is 4.79. The number of benzene rings is 1. The molecule has 2 bridgehead atoms. The number of carbonyl (C=O) groups excluding carboxylic acids is 1. The van der Waals surface area contributed by atoms with Crippen LogP contribution < -0.4 is 17.1 Å². The monoisotopic (exact) mass is 519 g/mol. The van der Waals surface area contributed by atoms with Crippen LogP contribution in [0, 0.1) is 5.92 Å². The number of carbonyl (C=O) groups is 1. The van der Waals surface area contributed by atoms with Crippen molar-refractivity contribution in [2.24, 2.45) is 5.92 Å². The van der Waals surface area contributed by atoms with Gasteiger partial charge in [-0.2, -0.15) is 0 Å². The van der Waals surface area contributed by atoms with E-state index in [2.05, 4.69) is 0 Å². The largest absolute Gasteiger partial charge is 1.00 e. The fourth-order valence-electron chi connectivity index (χ4n) is 5.29. The minimum atomic E-state index is -1.73. The molecule has 1 unspecified atom stereocenters. The van der Waals surface area contributed by atoms with Gasteiger partial charge in [0.15, 0.2) is 6.10 Å². The molecule has 5 heterocycles. The number of rotatable bonds is 9. The van der Waals surface area contributed by atoms with E-state index in [0.29, 0.717) is 22.3 Å². The van der Waals surface area contributed by atoms with Gasteiger partial charge < -0.3 is 31.5 Å². The maximum Gasteiger partial charge on any atom is 0.349 e. The summed E-state index contributed by atoms with van der Waals surface area (Å²) in [5.74, 6) is 0.741. The van der Waals surface area contributed by atoms with E-state index in [9.17, 15) is 9.90 Å². The molecule has 3 aliphatic rings. The summed E-state index contributed by atoms with van der Waals surface area (Å²) in [6, 6.07) is 17.3. The minimum Gasteiger partial charge on any atom is -1.00 e. The van der Waals surface area contributed by atoms with E-state index >= 15 is 0 Å². The van der Waals surface area contributed by atoms with Gasteiger partial charge in [0, 0.05) is 25.2 Å². The average Bonchev–Trinajstić information content (AvgIpc) is 3.58. The number of para-hydroxylation sites is 1. The lowest BCUT2D eigenvalue weighted by atomic mass is 9.83. The molecule has 3 aliphatic heterocycles. The van der Waals surface area contributed by atoms with Crippen LogP contribution in [-0.4, -0.2) is 54.4 Å². The molecule has 2 aromatic heterocycles. The van der Waals surface area contributed by atoms with Crippen molar-refractivity contribution >= 4 is 28.6 Å². The molecule has 0 spiro atoms. The summed E-state index contributed by atoms with van der Waals surface area (Å²) in [5, 5.41) is 15.3. The van der Waals surface area contributed by atoms with Crippen molar-refractivity contribution in [3.8, 4) is 5.75 Å². The topological polar surface area (TPSA) is 55.8 Å². The smallest absolute Gasteiger partial charge is 0.349 e. The molecule has 182 valence electrons. The minimum absolute atomic E-state index is 0. The Kier molecular flexibility index (Phi) is 8.00. The van der Waals surface area contributed by atoms with Gasteiger partial charge in [0.25, 0.3) is 0 Å². The molecular weight excluding hydrogens is 490 g/mol. The standard InChI is InChI=1S/C26H30NO4S2.ClH/c28-25(26(29,23-9-4-17-32-23)24-10-5-18-33-24)31-22-19-27(14-11-20(22)12-15-27)13-6-16-30-21-7-2-1-3-8-21;/h1-5,7-10,17-18,20,22,29H,6,11-16,19H2;1H/q+1;/p-1. The van der Waals surface area contributed by atoms with Crippen LogP contribution in [0.5, 0.6) is 5.75 Å². The number of ether oxygens (including phenoxy) is 2. The summed E-state index contributed by atoms with van der Waals surface area (Å²) in [4.78, 5) is 14.7. The molecule has 3 fully saturated rings. The highest BCUT2D eigenvalue weighted by Gasteiger charge is 2.51. The zero-order valence-electron chi connectivity index (χ0n) is 19.0. The number of nitrogens with zero attached hydrogens (tertiary/aromatic N) is 1. The molecule has 1 N–H and O–H groups in total. The maximum atomic E-state index is 13.4. The third-order valence-corrected chi connectivity index (χ3v) is 9.10. The van der Waals surface area contributed by atoms with Crippen LogP contribution in [0.3, 0.4) is 0 Å². The van der Waals surface area contributed by atoms with E-state index in [1.54, 1.807) is 0 Å². The third-order valence-electron chi connectivity index (χ3n) is 7.14. The van der Waals surface area contributed by atoms with Crippen molar-refractivity contribution in [1.29, 1.82) is 0 Å². The fourth-order valence-corrected chi connectivity index (χ4v) is 7.00. The number of piperidine rings is 3. The number of halogens is 1. The molecule has 1 aromatic carbocycles. The zero-order valence-corrected chi connectivity index (χ0v) is 21.4. The molecule has 8 heteroatoms. The third kappa shape index (κ3) is 5.04. The summed E-state index contributed by atoms with van der Waals surface area (Å²) in [7, 11) is 0. The number of fused-ring (bicyclic) bond motifs is 3. The first-order valence-corrected chi connectivity index (χ1v) is 13.4. The highest BCUT2D eigenvalue weighted by Crippen LogP contribution is 2.40. The Morgan fingerprint density at radius 3 is 2.24 bits per heavy atom. The Balaban J connectivity index is 0.00000274. The lowest BCUT2D eigenvalue weighted by molar-refractivity contribution is -0.946. The predicted molar refractivity (Wildman–Crippen MR) is 131 cm³/mol. The van der Waals surface area contributed by atoms with Crippen LogP contribution in [-0.2, 0) is 15.1 Å². The zero-order chi connectivity index (χ0) is 22.7. The highest BCUT2D eigenvalue weighted by atomic mass is 35.5. The second-order valence-corrected chi connectivity index (χ2v) is 11.1. The molecule has 3 saturated heterocycles. The van der Waals surface area contributed by atoms with Crippen molar-refractivity contribution in [3.05, 3.63) is 75.1 Å². The Morgan fingerprint density at radius 1 is 1.00 bits per heavy atom. The number of aliphatic hydroxyl groups is 1. The van der Waals surface area contributed by atoms with Crippen LogP contribution in [0.15, 0.2) is 65.4 Å². The van der Waals surface area contributed by atoms with Crippen molar-refractivity contribution in [1.82, 2.24) is 0 Å². The Bertz CT molecular complexity index is 1000. The number of quaternary nitrogens is 1. The lowest BCUT2D eigenvalue weighted by Crippen LogP contribution is -3.00. The number of esters is 1. The lowest BCUT2D eigenvalue weighted by Gasteiger charge is -2.52. The van der Waals surface area contributed by atoms with E-state index in [1.807, 2.05) is 65.4 Å². The predicted octanol–water partition coefficient (Wildman–Crippen LogP) is 1.67. The highest BCUT2D eigenvalue weighted by molar-refractivity contribution is 7.12. The van der Waals surface area contributed by atoms with Crippen molar-refractivity contribution < 1.29 is 36.3 Å². The molecule has 0 aliphatic carbocycles. The first-order chi connectivity index (χ1) is 16.1. The van der Waals surface area contributed by atoms with E-state index in [4.69, 9.17) is 9.47 Å². The van der Waals surface area contributed by atoms with Gasteiger partial charge in [0.1, 0.15) is 12.3 Å². The Morgan fingerprint density at radius 2 is 1.65 bits per heavy atom. The molecule has 34 heavy (non-hydrogen) atoms. The SMILES string of the molecule is O=C(OC1C[N+]2(CCCOc3ccccc3)CCC1CC2)C(O)(c1cccs1)c1cccs1.[Cl-]. The van der Waals surface area contributed by atoms with Crippen molar-refractivity contribution in [3.63, 3.8) is 0 Å². The van der Waals surface area contributed by atoms with Gasteiger partial charge in [-0.25, -0.2) is 4.79 Å². The Hall–Kier alpha value is -1.90. The van der Waals surface area contributed by atoms with Gasteiger partial charge in [0.2, 0.25) is 5.60 Å². The summed E-state index contributed by atoms with van der Waals surface area (Å²) < 4.78 is 13.0. The second-order valence-electron chi connectivity index (χ2n) is 9.16. The van der Waals surface area contributed by atoms with E-state index in [0.717, 1.165) is 55.7 Å². The van der Waals surface area contributed by atoms with Crippen LogP contribution >= 0.6 is 22.7 Å². The molecule has 1 atom stereocenters. The molecule has 0 amide bonds. The quantitative estimate of drug-likeness (QED) is 0.265. The molecule has 5 nitrogen and oxygen atoms in total. The number of thiophene rings is 2. The van der Waals surface area contributed by atoms with Crippen molar-refractivity contribution in [2.45, 2.75) is 31.0 Å². The van der Waals surface area contributed by atoms with Crippen LogP contribution in [0.2, 0.25) is 0 Å². The van der Waals surface area contributed by atoms with Crippen molar-refractivity contribution in [2.75, 3.05) is 32.8 Å². The van der Waals surface area contributed by atoms with Gasteiger partial charge in [-0.3, -0.25) is 0 Å². The van der Waals surface area contributed by atoms with Gasteiger partial charge in [-0.1, -0.05) is 30.3 Å².